The van der Waals surface area contributed by atoms with Gasteiger partial charge < -0.3 is 16.0 Å². The average molecular weight is 361 g/mol. The molecular formula is C20H32N4O2. The van der Waals surface area contributed by atoms with Crippen LogP contribution in [0, 0.1) is 11.8 Å². The van der Waals surface area contributed by atoms with E-state index in [2.05, 4.69) is 34.5 Å². The number of nitrogens with one attached hydrogen (secondary N) is 1. The number of likely N-dealkylation sites (tertiary alicyclic amines) is 1. The number of carbonyl (C=O) groups is 2. The molecule has 0 saturated carbocycles. The number of nitrogens with zero attached hydrogens (tertiary/aromatic N) is 2. The van der Waals surface area contributed by atoms with E-state index in [-0.39, 0.29) is 24.3 Å². The first-order valence-electron chi connectivity index (χ1n) is 9.40. The van der Waals surface area contributed by atoms with Crippen molar-refractivity contribution in [1.82, 2.24) is 15.1 Å². The van der Waals surface area contributed by atoms with E-state index >= 15 is 0 Å². The van der Waals surface area contributed by atoms with E-state index in [0.717, 1.165) is 32.6 Å². The predicted octanol–water partition coefficient (Wildman–Crippen LogP) is 1.07. The number of amides is 2. The summed E-state index contributed by atoms with van der Waals surface area (Å²) in [5.41, 5.74) is 7.11. The molecule has 1 aromatic carbocycles. The summed E-state index contributed by atoms with van der Waals surface area (Å²) in [7, 11) is 1.80. The summed E-state index contributed by atoms with van der Waals surface area (Å²) >= 11 is 0. The summed E-state index contributed by atoms with van der Waals surface area (Å²) in [5, 5.41) is 2.65. The molecule has 1 unspecified atom stereocenters. The van der Waals surface area contributed by atoms with Gasteiger partial charge in [0.1, 0.15) is 0 Å². The van der Waals surface area contributed by atoms with Crippen molar-refractivity contribution in [3.05, 3.63) is 35.9 Å². The predicted molar refractivity (Wildman–Crippen MR) is 103 cm³/mol. The second kappa shape index (κ2) is 9.69. The molecular weight excluding hydrogens is 328 g/mol. The van der Waals surface area contributed by atoms with Gasteiger partial charge in [-0.25, -0.2) is 0 Å². The topological polar surface area (TPSA) is 78.7 Å². The molecule has 0 spiro atoms. The van der Waals surface area contributed by atoms with E-state index < -0.39 is 6.04 Å². The van der Waals surface area contributed by atoms with Gasteiger partial charge in [-0.15, -0.1) is 0 Å². The summed E-state index contributed by atoms with van der Waals surface area (Å²) in [4.78, 5) is 28.3. The van der Waals surface area contributed by atoms with Crippen molar-refractivity contribution in [3.63, 3.8) is 0 Å². The highest BCUT2D eigenvalue weighted by molar-refractivity contribution is 5.87. The number of nitrogens with two attached hydrogens (primary N) is 1. The van der Waals surface area contributed by atoms with Crippen LogP contribution in [0.2, 0.25) is 0 Å². The number of benzene rings is 1. The third kappa shape index (κ3) is 6.11. The minimum absolute atomic E-state index is 0.0101. The van der Waals surface area contributed by atoms with Crippen LogP contribution in [0.15, 0.2) is 30.3 Å². The normalized spacial score (nSPS) is 18.7. The molecule has 0 bridgehead atoms. The first-order chi connectivity index (χ1) is 12.4. The summed E-state index contributed by atoms with van der Waals surface area (Å²) in [6, 6.07) is 9.88. The van der Waals surface area contributed by atoms with Crippen LogP contribution in [0.1, 0.15) is 25.8 Å². The Kier molecular flexibility index (Phi) is 7.60. The van der Waals surface area contributed by atoms with Crippen molar-refractivity contribution in [2.75, 3.05) is 33.2 Å². The lowest BCUT2D eigenvalue weighted by Gasteiger charge is -2.23. The molecule has 144 valence electrons. The molecule has 1 fully saturated rings. The molecule has 1 aliphatic heterocycles. The fourth-order valence-electron chi connectivity index (χ4n) is 3.25. The highest BCUT2D eigenvalue weighted by Gasteiger charge is 2.25. The maximum absolute atomic E-state index is 12.3. The largest absolute Gasteiger partial charge is 0.346 e. The molecule has 2 amide bonds. The van der Waals surface area contributed by atoms with Crippen molar-refractivity contribution < 1.29 is 9.59 Å². The Labute approximate surface area is 156 Å². The molecule has 2 atom stereocenters. The van der Waals surface area contributed by atoms with Crippen LogP contribution in [-0.4, -0.2) is 60.9 Å². The number of rotatable bonds is 8. The summed E-state index contributed by atoms with van der Waals surface area (Å²) in [6.45, 7) is 7.52. The molecule has 2 rings (SSSR count). The minimum Gasteiger partial charge on any atom is -0.346 e. The highest BCUT2D eigenvalue weighted by Crippen LogP contribution is 2.19. The van der Waals surface area contributed by atoms with Crippen LogP contribution in [-0.2, 0) is 16.1 Å². The Balaban J connectivity index is 1.71. The van der Waals surface area contributed by atoms with Crippen LogP contribution in [0.4, 0.5) is 0 Å². The maximum Gasteiger partial charge on any atom is 0.241 e. The standard InChI is InChI=1S/C20H32N4O2/c1-15(2)19(21)20(26)22-11-18(25)23(3)12-17-9-10-24(14-17)13-16-7-5-4-6-8-16/h4-8,15,17,19H,9-14,21H2,1-3H3,(H,22,26)/t17?,19-/m0/s1. The van der Waals surface area contributed by atoms with Crippen molar-refractivity contribution in [2.24, 2.45) is 17.6 Å². The van der Waals surface area contributed by atoms with Gasteiger partial charge in [0.2, 0.25) is 11.8 Å². The lowest BCUT2D eigenvalue weighted by molar-refractivity contribution is -0.132. The van der Waals surface area contributed by atoms with Crippen LogP contribution in [0.3, 0.4) is 0 Å². The van der Waals surface area contributed by atoms with E-state index in [9.17, 15) is 9.59 Å². The lowest BCUT2D eigenvalue weighted by atomic mass is 10.1. The van der Waals surface area contributed by atoms with Crippen molar-refractivity contribution >= 4 is 11.8 Å². The molecule has 1 heterocycles. The zero-order valence-electron chi connectivity index (χ0n) is 16.1. The van der Waals surface area contributed by atoms with E-state index in [0.29, 0.717) is 5.92 Å². The quantitative estimate of drug-likeness (QED) is 0.727. The SMILES string of the molecule is CC(C)[C@H](N)C(=O)NCC(=O)N(C)CC1CCN(Cc2ccccc2)C1. The molecule has 1 saturated heterocycles. The number of hydrogen-bond donors (Lipinski definition) is 2. The molecule has 0 aromatic heterocycles. The van der Waals surface area contributed by atoms with Gasteiger partial charge in [-0.2, -0.15) is 0 Å². The van der Waals surface area contributed by atoms with E-state index in [1.807, 2.05) is 19.9 Å². The van der Waals surface area contributed by atoms with E-state index in [1.165, 1.54) is 5.56 Å². The molecule has 0 aliphatic carbocycles. The fourth-order valence-corrected chi connectivity index (χ4v) is 3.25. The summed E-state index contributed by atoms with van der Waals surface area (Å²) in [5.74, 6) is 0.186. The zero-order chi connectivity index (χ0) is 19.1. The molecule has 3 N–H and O–H groups in total. The Morgan fingerprint density at radius 3 is 2.65 bits per heavy atom. The van der Waals surface area contributed by atoms with Gasteiger partial charge in [-0.05, 0) is 30.4 Å². The second-order valence-electron chi connectivity index (χ2n) is 7.64. The van der Waals surface area contributed by atoms with Crippen LogP contribution >= 0.6 is 0 Å². The van der Waals surface area contributed by atoms with Gasteiger partial charge in [-0.3, -0.25) is 14.5 Å². The number of hydrogen-bond acceptors (Lipinski definition) is 4. The Hall–Kier alpha value is -1.92. The van der Waals surface area contributed by atoms with Crippen molar-refractivity contribution in [2.45, 2.75) is 32.9 Å². The smallest absolute Gasteiger partial charge is 0.241 e. The second-order valence-corrected chi connectivity index (χ2v) is 7.64. The first-order valence-corrected chi connectivity index (χ1v) is 9.40. The van der Waals surface area contributed by atoms with Gasteiger partial charge in [0.05, 0.1) is 12.6 Å². The fraction of sp³-hybridized carbons (Fsp3) is 0.600. The maximum atomic E-state index is 12.3. The zero-order valence-corrected chi connectivity index (χ0v) is 16.1. The van der Waals surface area contributed by atoms with Crippen molar-refractivity contribution in [3.8, 4) is 0 Å². The molecule has 26 heavy (non-hydrogen) atoms. The summed E-state index contributed by atoms with van der Waals surface area (Å²) < 4.78 is 0. The molecule has 6 heteroatoms. The molecule has 1 aromatic rings. The van der Waals surface area contributed by atoms with E-state index in [1.54, 1.807) is 11.9 Å². The van der Waals surface area contributed by atoms with E-state index in [4.69, 9.17) is 5.73 Å². The van der Waals surface area contributed by atoms with Crippen LogP contribution in [0.5, 0.6) is 0 Å². The van der Waals surface area contributed by atoms with Crippen molar-refractivity contribution in [1.29, 1.82) is 0 Å². The van der Waals surface area contributed by atoms with Gasteiger partial charge in [0.15, 0.2) is 0 Å². The first kappa shape index (κ1) is 20.4. The van der Waals surface area contributed by atoms with Gasteiger partial charge in [0, 0.05) is 26.7 Å². The van der Waals surface area contributed by atoms with Gasteiger partial charge >= 0.3 is 0 Å². The molecule has 0 radical (unpaired) electrons. The average Bonchev–Trinajstić information content (AvgIpc) is 3.06. The van der Waals surface area contributed by atoms with Crippen LogP contribution < -0.4 is 11.1 Å². The minimum atomic E-state index is -0.575. The van der Waals surface area contributed by atoms with Gasteiger partial charge in [-0.1, -0.05) is 44.2 Å². The molecule has 6 nitrogen and oxygen atoms in total. The Bertz CT molecular complexity index is 591. The molecule has 1 aliphatic rings. The third-order valence-electron chi connectivity index (χ3n) is 5.01. The monoisotopic (exact) mass is 360 g/mol. The third-order valence-corrected chi connectivity index (χ3v) is 5.01. The Morgan fingerprint density at radius 2 is 2.00 bits per heavy atom. The Morgan fingerprint density at radius 1 is 1.31 bits per heavy atom. The van der Waals surface area contributed by atoms with Crippen LogP contribution in [0.25, 0.3) is 0 Å². The highest BCUT2D eigenvalue weighted by atomic mass is 16.2. The van der Waals surface area contributed by atoms with Gasteiger partial charge in [0.25, 0.3) is 0 Å². The lowest BCUT2D eigenvalue weighted by Crippen LogP contribution is -2.47. The number of carbonyl (C=O) groups excluding carboxylic acids is 2. The summed E-state index contributed by atoms with van der Waals surface area (Å²) in [6.07, 6.45) is 1.09. The number of likely N-dealkylation sites (N-methyl/N-ethyl adjacent to an activating group) is 1.